The quantitative estimate of drug-likeness (QED) is 0.656. The number of benzene rings is 1. The second-order valence-corrected chi connectivity index (χ2v) is 2.56. The summed E-state index contributed by atoms with van der Waals surface area (Å²) in [4.78, 5) is 0. The molecule has 0 aliphatic rings. The van der Waals surface area contributed by atoms with Crippen molar-refractivity contribution in [1.29, 1.82) is 0 Å². The fourth-order valence-electron chi connectivity index (χ4n) is 1.18. The Balaban J connectivity index is -0.000000285. The van der Waals surface area contributed by atoms with Crippen LogP contribution in [0.3, 0.4) is 0 Å². The van der Waals surface area contributed by atoms with Crippen molar-refractivity contribution < 1.29 is 4.74 Å². The lowest BCUT2D eigenvalue weighted by molar-refractivity contribution is 0.409. The van der Waals surface area contributed by atoms with Crippen molar-refractivity contribution in [1.82, 2.24) is 0 Å². The van der Waals surface area contributed by atoms with Gasteiger partial charge in [0.05, 0.1) is 7.11 Å². The van der Waals surface area contributed by atoms with E-state index in [1.165, 1.54) is 12.0 Å². The maximum atomic E-state index is 5.20. The Kier molecular flexibility index (Phi) is 25.6. The average Bonchev–Trinajstić information content (AvgIpc) is 2.46. The lowest BCUT2D eigenvalue weighted by Crippen LogP contribution is -1.90. The Morgan fingerprint density at radius 1 is 0.882 bits per heavy atom. The van der Waals surface area contributed by atoms with E-state index in [0.717, 1.165) is 12.2 Å². The van der Waals surface area contributed by atoms with Gasteiger partial charge in [0.1, 0.15) is 5.75 Å². The van der Waals surface area contributed by atoms with Gasteiger partial charge in [0.25, 0.3) is 0 Å². The fraction of sp³-hybridized carbons (Fsp3) is 0.625. The molecule has 0 radical (unpaired) electrons. The van der Waals surface area contributed by atoms with Crippen LogP contribution in [-0.2, 0) is 6.42 Å². The molecule has 1 aromatic rings. The van der Waals surface area contributed by atoms with E-state index in [-0.39, 0.29) is 0 Å². The third kappa shape index (κ3) is 11.3. The molecule has 0 fully saturated rings. The molecule has 0 aromatic heterocycles. The topological polar surface area (TPSA) is 9.23 Å². The van der Waals surface area contributed by atoms with E-state index in [9.17, 15) is 0 Å². The first-order valence-electron chi connectivity index (χ1n) is 7.00. The van der Waals surface area contributed by atoms with Gasteiger partial charge in [-0.3, -0.25) is 0 Å². The lowest BCUT2D eigenvalue weighted by atomic mass is 10.1. The van der Waals surface area contributed by atoms with Crippen LogP contribution in [0.15, 0.2) is 24.3 Å². The zero-order chi connectivity index (χ0) is 14.1. The molecule has 0 unspecified atom stereocenters. The van der Waals surface area contributed by atoms with Crippen molar-refractivity contribution in [3.05, 3.63) is 29.8 Å². The third-order valence-electron chi connectivity index (χ3n) is 1.71. The Bertz CT molecular complexity index is 219. The molecule has 17 heavy (non-hydrogen) atoms. The highest BCUT2D eigenvalue weighted by molar-refractivity contribution is 5.33. The van der Waals surface area contributed by atoms with Crippen molar-refractivity contribution in [3.63, 3.8) is 0 Å². The zero-order valence-electron chi connectivity index (χ0n) is 13.1. The number of hydrogen-bond donors (Lipinski definition) is 0. The van der Waals surface area contributed by atoms with Crippen LogP contribution in [0.25, 0.3) is 0 Å². The monoisotopic (exact) mass is 240 g/mol. The van der Waals surface area contributed by atoms with Gasteiger partial charge in [-0.25, -0.2) is 0 Å². The largest absolute Gasteiger partial charge is 0.496 e. The van der Waals surface area contributed by atoms with Crippen LogP contribution in [0, 0.1) is 0 Å². The summed E-state index contributed by atoms with van der Waals surface area (Å²) in [5.74, 6) is 1.01. The molecule has 0 spiro atoms. The molecule has 0 heterocycles. The van der Waals surface area contributed by atoms with Gasteiger partial charge in [0, 0.05) is 0 Å². The van der Waals surface area contributed by atoms with Crippen molar-refractivity contribution in [2.75, 3.05) is 7.11 Å². The highest BCUT2D eigenvalue weighted by Crippen LogP contribution is 2.18. The maximum Gasteiger partial charge on any atom is 0.122 e. The SMILES string of the molecule is CC.CC.CC.CCCc1ccccc1OC. The van der Waals surface area contributed by atoms with Gasteiger partial charge >= 0.3 is 0 Å². The summed E-state index contributed by atoms with van der Waals surface area (Å²) in [6.07, 6.45) is 2.27. The normalized spacial score (nSPS) is 7.29. The molecule has 0 saturated heterocycles. The van der Waals surface area contributed by atoms with Crippen LogP contribution in [-0.4, -0.2) is 7.11 Å². The number of ether oxygens (including phenoxy) is 1. The van der Waals surface area contributed by atoms with E-state index in [2.05, 4.69) is 13.0 Å². The Hall–Kier alpha value is -0.980. The number of para-hydroxylation sites is 1. The Labute approximate surface area is 109 Å². The standard InChI is InChI=1S/C10H14O.3C2H6/c1-3-6-9-7-4-5-8-10(9)11-2;3*1-2/h4-5,7-8H,3,6H2,1-2H3;3*1-2H3. The predicted molar refractivity (Wildman–Crippen MR) is 81.0 cm³/mol. The van der Waals surface area contributed by atoms with Gasteiger partial charge in [0.15, 0.2) is 0 Å². The summed E-state index contributed by atoms with van der Waals surface area (Å²) in [6.45, 7) is 14.2. The van der Waals surface area contributed by atoms with Crippen molar-refractivity contribution in [3.8, 4) is 5.75 Å². The van der Waals surface area contributed by atoms with Crippen molar-refractivity contribution >= 4 is 0 Å². The molecular weight excluding hydrogens is 208 g/mol. The molecular formula is C16H32O. The average molecular weight is 240 g/mol. The van der Waals surface area contributed by atoms with Crippen LogP contribution in [0.1, 0.15) is 60.5 Å². The van der Waals surface area contributed by atoms with Crippen molar-refractivity contribution in [2.45, 2.75) is 61.3 Å². The highest BCUT2D eigenvalue weighted by Gasteiger charge is 1.97. The van der Waals surface area contributed by atoms with E-state index >= 15 is 0 Å². The first-order valence-corrected chi connectivity index (χ1v) is 7.00. The van der Waals surface area contributed by atoms with Crippen LogP contribution < -0.4 is 4.74 Å². The summed E-state index contributed by atoms with van der Waals surface area (Å²) < 4.78 is 5.20. The van der Waals surface area contributed by atoms with Gasteiger partial charge < -0.3 is 4.74 Å². The lowest BCUT2D eigenvalue weighted by Gasteiger charge is -2.05. The minimum atomic E-state index is 1.01. The van der Waals surface area contributed by atoms with E-state index in [1.807, 2.05) is 59.7 Å². The van der Waals surface area contributed by atoms with E-state index < -0.39 is 0 Å². The summed E-state index contributed by atoms with van der Waals surface area (Å²) in [6, 6.07) is 8.17. The fourth-order valence-corrected chi connectivity index (χ4v) is 1.18. The minimum Gasteiger partial charge on any atom is -0.496 e. The zero-order valence-corrected chi connectivity index (χ0v) is 13.1. The molecule has 1 rings (SSSR count). The Morgan fingerprint density at radius 3 is 1.76 bits per heavy atom. The second-order valence-electron chi connectivity index (χ2n) is 2.56. The van der Waals surface area contributed by atoms with E-state index in [0.29, 0.717) is 0 Å². The Morgan fingerprint density at radius 2 is 1.35 bits per heavy atom. The van der Waals surface area contributed by atoms with Gasteiger partial charge in [0.2, 0.25) is 0 Å². The molecule has 0 aliphatic heterocycles. The summed E-state index contributed by atoms with van der Waals surface area (Å²) >= 11 is 0. The number of aryl methyl sites for hydroxylation is 1. The number of rotatable bonds is 3. The van der Waals surface area contributed by atoms with E-state index in [4.69, 9.17) is 4.74 Å². The van der Waals surface area contributed by atoms with Gasteiger partial charge in [-0.2, -0.15) is 0 Å². The van der Waals surface area contributed by atoms with Crippen LogP contribution in [0.2, 0.25) is 0 Å². The molecule has 0 atom stereocenters. The minimum absolute atomic E-state index is 1.01. The summed E-state index contributed by atoms with van der Waals surface area (Å²) in [7, 11) is 1.72. The van der Waals surface area contributed by atoms with Crippen molar-refractivity contribution in [2.24, 2.45) is 0 Å². The number of methoxy groups -OCH3 is 1. The van der Waals surface area contributed by atoms with Crippen LogP contribution in [0.4, 0.5) is 0 Å². The molecule has 102 valence electrons. The molecule has 1 aromatic carbocycles. The maximum absolute atomic E-state index is 5.20. The highest BCUT2D eigenvalue weighted by atomic mass is 16.5. The van der Waals surface area contributed by atoms with Crippen LogP contribution in [0.5, 0.6) is 5.75 Å². The first-order chi connectivity index (χ1) is 8.38. The van der Waals surface area contributed by atoms with Gasteiger partial charge in [-0.05, 0) is 18.1 Å². The van der Waals surface area contributed by atoms with E-state index in [1.54, 1.807) is 7.11 Å². The molecule has 1 nitrogen and oxygen atoms in total. The smallest absolute Gasteiger partial charge is 0.122 e. The molecule has 0 saturated carbocycles. The predicted octanol–water partition coefficient (Wildman–Crippen LogP) is 5.73. The molecule has 0 aliphatic carbocycles. The van der Waals surface area contributed by atoms with Gasteiger partial charge in [-0.1, -0.05) is 73.1 Å². The van der Waals surface area contributed by atoms with Crippen LogP contribution >= 0.6 is 0 Å². The number of hydrogen-bond acceptors (Lipinski definition) is 1. The first kappa shape index (κ1) is 21.3. The molecule has 0 N–H and O–H groups in total. The second kappa shape index (κ2) is 20.4. The molecule has 0 amide bonds. The summed E-state index contributed by atoms with van der Waals surface area (Å²) in [5, 5.41) is 0. The molecule has 1 heteroatoms. The molecule has 0 bridgehead atoms. The summed E-state index contributed by atoms with van der Waals surface area (Å²) in [5.41, 5.74) is 1.30. The van der Waals surface area contributed by atoms with Gasteiger partial charge in [-0.15, -0.1) is 0 Å². The third-order valence-corrected chi connectivity index (χ3v) is 1.71.